The number of nitrogens with zero attached hydrogens (tertiary/aromatic N) is 2. The predicted molar refractivity (Wildman–Crippen MR) is 117 cm³/mol. The number of carbonyl (C=O) groups is 1. The first kappa shape index (κ1) is 19.1. The quantitative estimate of drug-likeness (QED) is 0.547. The SMILES string of the molecule is Cc1ccc(-c2c(C)sc3ncn(CC(=O)NCc4ccccc4)c(=O)c23)cc1. The van der Waals surface area contributed by atoms with Crippen LogP contribution in [-0.4, -0.2) is 15.5 Å². The zero-order chi connectivity index (χ0) is 20.4. The number of carbonyl (C=O) groups excluding carboxylic acids is 1. The van der Waals surface area contributed by atoms with Crippen LogP contribution in [0.2, 0.25) is 0 Å². The minimum absolute atomic E-state index is 0.0587. The monoisotopic (exact) mass is 403 g/mol. The fraction of sp³-hybridized carbons (Fsp3) is 0.174. The number of benzene rings is 2. The number of thiophene rings is 1. The molecule has 0 bridgehead atoms. The van der Waals surface area contributed by atoms with Crippen molar-refractivity contribution in [3.63, 3.8) is 0 Å². The first-order valence-electron chi connectivity index (χ1n) is 9.39. The molecule has 4 aromatic rings. The van der Waals surface area contributed by atoms with Crippen molar-refractivity contribution in [3.8, 4) is 11.1 Å². The van der Waals surface area contributed by atoms with Crippen LogP contribution in [0.3, 0.4) is 0 Å². The van der Waals surface area contributed by atoms with Crippen LogP contribution in [0, 0.1) is 13.8 Å². The van der Waals surface area contributed by atoms with Gasteiger partial charge in [0, 0.05) is 17.0 Å². The predicted octanol–water partition coefficient (Wildman–Crippen LogP) is 4.06. The van der Waals surface area contributed by atoms with E-state index in [1.807, 2.05) is 68.4 Å². The molecule has 2 heterocycles. The van der Waals surface area contributed by atoms with Gasteiger partial charge in [0.05, 0.1) is 11.7 Å². The van der Waals surface area contributed by atoms with Crippen molar-refractivity contribution < 1.29 is 4.79 Å². The third-order valence-electron chi connectivity index (χ3n) is 4.84. The summed E-state index contributed by atoms with van der Waals surface area (Å²) >= 11 is 1.50. The molecule has 0 aliphatic heterocycles. The molecule has 0 aliphatic rings. The summed E-state index contributed by atoms with van der Waals surface area (Å²) in [6.45, 7) is 4.40. The van der Waals surface area contributed by atoms with E-state index in [9.17, 15) is 9.59 Å². The molecule has 5 nitrogen and oxygen atoms in total. The normalized spacial score (nSPS) is 11.0. The average molecular weight is 404 g/mol. The molecule has 0 aliphatic carbocycles. The van der Waals surface area contributed by atoms with Gasteiger partial charge in [0.25, 0.3) is 5.56 Å². The van der Waals surface area contributed by atoms with E-state index in [2.05, 4.69) is 10.3 Å². The van der Waals surface area contributed by atoms with Crippen molar-refractivity contribution >= 4 is 27.5 Å². The van der Waals surface area contributed by atoms with Crippen molar-refractivity contribution in [2.24, 2.45) is 0 Å². The highest BCUT2D eigenvalue weighted by atomic mass is 32.1. The largest absolute Gasteiger partial charge is 0.350 e. The summed E-state index contributed by atoms with van der Waals surface area (Å²) in [7, 11) is 0. The number of rotatable bonds is 5. The van der Waals surface area contributed by atoms with Gasteiger partial charge in [-0.1, -0.05) is 60.2 Å². The van der Waals surface area contributed by atoms with Gasteiger partial charge in [0.2, 0.25) is 5.91 Å². The molecule has 1 N–H and O–H groups in total. The Balaban J connectivity index is 1.63. The van der Waals surface area contributed by atoms with Gasteiger partial charge in [0.1, 0.15) is 11.4 Å². The Bertz CT molecular complexity index is 1220. The van der Waals surface area contributed by atoms with E-state index in [-0.39, 0.29) is 18.0 Å². The van der Waals surface area contributed by atoms with Crippen molar-refractivity contribution in [2.45, 2.75) is 26.9 Å². The third-order valence-corrected chi connectivity index (χ3v) is 5.85. The van der Waals surface area contributed by atoms with Crippen LogP contribution in [0.25, 0.3) is 21.3 Å². The summed E-state index contributed by atoms with van der Waals surface area (Å²) in [5.41, 5.74) is 3.88. The van der Waals surface area contributed by atoms with Crippen LogP contribution in [0.15, 0.2) is 65.7 Å². The van der Waals surface area contributed by atoms with Crippen molar-refractivity contribution in [1.29, 1.82) is 0 Å². The molecule has 0 saturated carbocycles. The Morgan fingerprint density at radius 2 is 1.79 bits per heavy atom. The average Bonchev–Trinajstić information content (AvgIpc) is 3.07. The summed E-state index contributed by atoms with van der Waals surface area (Å²) < 4.78 is 1.38. The molecule has 0 radical (unpaired) electrons. The zero-order valence-electron chi connectivity index (χ0n) is 16.3. The Hall–Kier alpha value is -3.25. The molecule has 2 aromatic heterocycles. The van der Waals surface area contributed by atoms with Crippen LogP contribution >= 0.6 is 11.3 Å². The molecule has 0 spiro atoms. The molecule has 29 heavy (non-hydrogen) atoms. The maximum Gasteiger partial charge on any atom is 0.263 e. The fourth-order valence-electron chi connectivity index (χ4n) is 3.33. The van der Waals surface area contributed by atoms with Gasteiger partial charge in [-0.05, 0) is 25.0 Å². The second-order valence-electron chi connectivity index (χ2n) is 7.02. The van der Waals surface area contributed by atoms with Gasteiger partial charge in [-0.15, -0.1) is 11.3 Å². The van der Waals surface area contributed by atoms with Gasteiger partial charge >= 0.3 is 0 Å². The minimum atomic E-state index is -0.221. The molecule has 0 fully saturated rings. The van der Waals surface area contributed by atoms with Gasteiger partial charge in [-0.3, -0.25) is 14.2 Å². The third kappa shape index (κ3) is 3.98. The van der Waals surface area contributed by atoms with Crippen LogP contribution in [-0.2, 0) is 17.9 Å². The Morgan fingerprint density at radius 3 is 2.52 bits per heavy atom. The summed E-state index contributed by atoms with van der Waals surface area (Å²) in [6.07, 6.45) is 1.46. The Labute approximate surface area is 172 Å². The first-order chi connectivity index (χ1) is 14.0. The van der Waals surface area contributed by atoms with Crippen LogP contribution in [0.5, 0.6) is 0 Å². The topological polar surface area (TPSA) is 64.0 Å². The summed E-state index contributed by atoms with van der Waals surface area (Å²) in [5.74, 6) is -0.221. The van der Waals surface area contributed by atoms with E-state index in [0.29, 0.717) is 16.8 Å². The van der Waals surface area contributed by atoms with Gasteiger partial charge in [-0.25, -0.2) is 4.98 Å². The second kappa shape index (κ2) is 8.01. The van der Waals surface area contributed by atoms with Crippen LogP contribution in [0.4, 0.5) is 0 Å². The first-order valence-corrected chi connectivity index (χ1v) is 10.2. The standard InChI is InChI=1S/C23H21N3O2S/c1-15-8-10-18(11-9-15)20-16(2)29-22-21(20)23(28)26(14-25-22)13-19(27)24-12-17-6-4-3-5-7-17/h3-11,14H,12-13H2,1-2H3,(H,24,27). The maximum atomic E-state index is 13.2. The highest BCUT2D eigenvalue weighted by Crippen LogP contribution is 2.35. The van der Waals surface area contributed by atoms with E-state index in [4.69, 9.17) is 0 Å². The zero-order valence-corrected chi connectivity index (χ0v) is 17.1. The van der Waals surface area contributed by atoms with Crippen LogP contribution in [0.1, 0.15) is 16.0 Å². The smallest absolute Gasteiger partial charge is 0.263 e. The molecule has 6 heteroatoms. The van der Waals surface area contributed by atoms with E-state index in [0.717, 1.165) is 27.1 Å². The lowest BCUT2D eigenvalue weighted by molar-refractivity contribution is -0.121. The van der Waals surface area contributed by atoms with Crippen LogP contribution < -0.4 is 10.9 Å². The van der Waals surface area contributed by atoms with Crippen molar-refractivity contribution in [3.05, 3.63) is 87.3 Å². The molecule has 0 saturated heterocycles. The molecule has 0 atom stereocenters. The van der Waals surface area contributed by atoms with E-state index in [1.54, 1.807) is 0 Å². The van der Waals surface area contributed by atoms with Crippen molar-refractivity contribution in [1.82, 2.24) is 14.9 Å². The van der Waals surface area contributed by atoms with Gasteiger partial charge in [-0.2, -0.15) is 0 Å². The summed E-state index contributed by atoms with van der Waals surface area (Å²) in [4.78, 5) is 31.7. The second-order valence-corrected chi connectivity index (χ2v) is 8.22. The molecule has 146 valence electrons. The van der Waals surface area contributed by atoms with E-state index in [1.165, 1.54) is 22.2 Å². The minimum Gasteiger partial charge on any atom is -0.350 e. The van der Waals surface area contributed by atoms with E-state index >= 15 is 0 Å². The number of hydrogen-bond donors (Lipinski definition) is 1. The lowest BCUT2D eigenvalue weighted by Crippen LogP contribution is -2.32. The number of aryl methyl sites for hydroxylation is 2. The van der Waals surface area contributed by atoms with Gasteiger partial charge in [0.15, 0.2) is 0 Å². The lowest BCUT2D eigenvalue weighted by Gasteiger charge is -2.08. The van der Waals surface area contributed by atoms with Gasteiger partial charge < -0.3 is 5.32 Å². The maximum absolute atomic E-state index is 13.2. The molecule has 0 unspecified atom stereocenters. The number of fused-ring (bicyclic) bond motifs is 1. The lowest BCUT2D eigenvalue weighted by atomic mass is 10.0. The highest BCUT2D eigenvalue weighted by Gasteiger charge is 2.17. The van der Waals surface area contributed by atoms with E-state index < -0.39 is 0 Å². The Kier molecular flexibility index (Phi) is 5.27. The number of hydrogen-bond acceptors (Lipinski definition) is 4. The fourth-order valence-corrected chi connectivity index (χ4v) is 4.33. The summed E-state index contributed by atoms with van der Waals surface area (Å²) in [5, 5.41) is 3.44. The van der Waals surface area contributed by atoms with Crippen molar-refractivity contribution in [2.75, 3.05) is 0 Å². The highest BCUT2D eigenvalue weighted by molar-refractivity contribution is 7.19. The molecule has 2 aromatic carbocycles. The molecular weight excluding hydrogens is 382 g/mol. The molecule has 4 rings (SSSR count). The number of nitrogens with one attached hydrogen (secondary N) is 1. The number of amides is 1. The number of aromatic nitrogens is 2. The summed E-state index contributed by atoms with van der Waals surface area (Å²) in [6, 6.07) is 17.8. The Morgan fingerprint density at radius 1 is 1.07 bits per heavy atom. The molecule has 1 amide bonds. The molecular formula is C23H21N3O2S.